The van der Waals surface area contributed by atoms with Crippen LogP contribution in [0.15, 0.2) is 125 Å². The van der Waals surface area contributed by atoms with Crippen LogP contribution >= 0.6 is 0 Å². The number of hydrogen-bond donors (Lipinski definition) is 6. The number of aliphatic imine (C=N–C) groups is 1. The largest absolute Gasteiger partial charge is 0.384 e. The summed E-state index contributed by atoms with van der Waals surface area (Å²) >= 11 is 0. The van der Waals surface area contributed by atoms with Gasteiger partial charge in [-0.05, 0) is 63.5 Å². The van der Waals surface area contributed by atoms with Crippen molar-refractivity contribution in [2.45, 2.75) is 41.0 Å². The molecule has 0 aromatic carbocycles. The Morgan fingerprint density at radius 2 is 1.85 bits per heavy atom. The zero-order valence-corrected chi connectivity index (χ0v) is 24.6. The van der Waals surface area contributed by atoms with Gasteiger partial charge in [0.25, 0.3) is 0 Å². The maximum atomic E-state index is 9.01. The van der Waals surface area contributed by atoms with Crippen LogP contribution in [0.25, 0.3) is 0 Å². The van der Waals surface area contributed by atoms with E-state index in [1.165, 1.54) is 0 Å². The molecule has 0 saturated carbocycles. The van der Waals surface area contributed by atoms with E-state index in [-0.39, 0.29) is 11.5 Å². The quantitative estimate of drug-likeness (QED) is 0.0987. The number of rotatable bonds is 15. The average Bonchev–Trinajstić information content (AvgIpc) is 2.89. The number of amidine groups is 1. The SMILES string of the molecule is C=CC(N/C=C(\C)C=C)=C1C=CNC(NC(=CC(N)=NC(=C)/C=C(/C)N(C)C)C(=N)/C(=C/CC)NCC)=C1C. The van der Waals surface area contributed by atoms with Crippen molar-refractivity contribution >= 4 is 11.5 Å². The lowest BCUT2D eigenvalue weighted by molar-refractivity contribution is 0.513. The van der Waals surface area contributed by atoms with E-state index in [2.05, 4.69) is 46.0 Å². The van der Waals surface area contributed by atoms with Crippen LogP contribution in [0.3, 0.4) is 0 Å². The first-order valence-electron chi connectivity index (χ1n) is 13.0. The number of nitrogens with zero attached hydrogens (tertiary/aromatic N) is 2. The van der Waals surface area contributed by atoms with Crippen molar-refractivity contribution in [1.29, 1.82) is 5.41 Å². The second-order valence-electron chi connectivity index (χ2n) is 9.07. The van der Waals surface area contributed by atoms with Gasteiger partial charge in [-0.1, -0.05) is 38.8 Å². The maximum Gasteiger partial charge on any atom is 0.126 e. The van der Waals surface area contributed by atoms with Gasteiger partial charge < -0.3 is 31.9 Å². The van der Waals surface area contributed by atoms with Crippen molar-refractivity contribution in [1.82, 2.24) is 26.2 Å². The second-order valence-corrected chi connectivity index (χ2v) is 9.07. The summed E-state index contributed by atoms with van der Waals surface area (Å²) in [6, 6.07) is 0. The summed E-state index contributed by atoms with van der Waals surface area (Å²) in [6.45, 7) is 22.4. The summed E-state index contributed by atoms with van der Waals surface area (Å²) in [5.74, 6) is 0.928. The molecule has 0 bridgehead atoms. The van der Waals surface area contributed by atoms with Crippen molar-refractivity contribution < 1.29 is 0 Å². The minimum absolute atomic E-state index is 0.223. The second kappa shape index (κ2) is 16.4. The third kappa shape index (κ3) is 10.4. The van der Waals surface area contributed by atoms with Gasteiger partial charge in [-0.15, -0.1) is 0 Å². The third-order valence-electron chi connectivity index (χ3n) is 5.75. The molecule has 210 valence electrons. The van der Waals surface area contributed by atoms with Crippen LogP contribution in [0.2, 0.25) is 0 Å². The fourth-order valence-electron chi connectivity index (χ4n) is 3.35. The van der Waals surface area contributed by atoms with E-state index in [1.807, 2.05) is 84.2 Å². The first-order chi connectivity index (χ1) is 18.5. The Labute approximate surface area is 235 Å². The van der Waals surface area contributed by atoms with Crippen molar-refractivity contribution in [2.24, 2.45) is 10.7 Å². The summed E-state index contributed by atoms with van der Waals surface area (Å²) in [5.41, 5.74) is 13.0. The molecule has 0 spiro atoms. The van der Waals surface area contributed by atoms with Gasteiger partial charge in [0.1, 0.15) is 17.4 Å². The molecule has 0 unspecified atom stereocenters. The molecule has 0 aromatic rings. The van der Waals surface area contributed by atoms with Gasteiger partial charge in [0, 0.05) is 56.1 Å². The predicted molar refractivity (Wildman–Crippen MR) is 168 cm³/mol. The molecule has 0 atom stereocenters. The summed E-state index contributed by atoms with van der Waals surface area (Å²) < 4.78 is 0. The first-order valence-corrected chi connectivity index (χ1v) is 13.0. The molecule has 1 rings (SSSR count). The van der Waals surface area contributed by atoms with Crippen molar-refractivity contribution in [3.05, 3.63) is 120 Å². The number of nitrogens with one attached hydrogen (secondary N) is 5. The molecule has 8 nitrogen and oxygen atoms in total. The lowest BCUT2D eigenvalue weighted by Gasteiger charge is -2.23. The highest BCUT2D eigenvalue weighted by molar-refractivity contribution is 6.13. The van der Waals surface area contributed by atoms with E-state index in [1.54, 1.807) is 18.2 Å². The Morgan fingerprint density at radius 1 is 1.15 bits per heavy atom. The molecule has 0 aromatic heterocycles. The van der Waals surface area contributed by atoms with Crippen LogP contribution < -0.4 is 27.0 Å². The number of nitrogens with two attached hydrogens (primary N) is 1. The zero-order valence-electron chi connectivity index (χ0n) is 24.6. The molecular formula is C31H46N8. The molecule has 1 aliphatic heterocycles. The molecule has 0 aliphatic carbocycles. The third-order valence-corrected chi connectivity index (χ3v) is 5.75. The van der Waals surface area contributed by atoms with Crippen LogP contribution in [0.1, 0.15) is 41.0 Å². The fourth-order valence-corrected chi connectivity index (χ4v) is 3.35. The van der Waals surface area contributed by atoms with Gasteiger partial charge in [0.2, 0.25) is 0 Å². The van der Waals surface area contributed by atoms with Crippen LogP contribution in [-0.2, 0) is 0 Å². The van der Waals surface area contributed by atoms with Crippen LogP contribution in [0, 0.1) is 5.41 Å². The van der Waals surface area contributed by atoms with Crippen LogP contribution in [0.4, 0.5) is 0 Å². The highest BCUT2D eigenvalue weighted by atomic mass is 15.1. The van der Waals surface area contributed by atoms with Gasteiger partial charge in [0.05, 0.1) is 17.1 Å². The van der Waals surface area contributed by atoms with E-state index in [0.29, 0.717) is 29.5 Å². The minimum Gasteiger partial charge on any atom is -0.384 e. The molecule has 1 heterocycles. The lowest BCUT2D eigenvalue weighted by Crippen LogP contribution is -2.33. The van der Waals surface area contributed by atoms with E-state index >= 15 is 0 Å². The number of hydrogen-bond acceptors (Lipinski definition) is 7. The van der Waals surface area contributed by atoms with Crippen molar-refractivity contribution in [3.8, 4) is 0 Å². The Hall–Kier alpha value is -4.46. The maximum absolute atomic E-state index is 9.01. The molecular weight excluding hydrogens is 484 g/mol. The average molecular weight is 531 g/mol. The van der Waals surface area contributed by atoms with Gasteiger partial charge in [-0.3, -0.25) is 5.41 Å². The highest BCUT2D eigenvalue weighted by Crippen LogP contribution is 2.22. The predicted octanol–water partition coefficient (Wildman–Crippen LogP) is 5.19. The monoisotopic (exact) mass is 530 g/mol. The molecule has 39 heavy (non-hydrogen) atoms. The van der Waals surface area contributed by atoms with Gasteiger partial charge in [-0.2, -0.15) is 0 Å². The molecule has 0 radical (unpaired) electrons. The first kappa shape index (κ1) is 32.6. The zero-order chi connectivity index (χ0) is 29.5. The normalized spacial score (nSPS) is 16.3. The van der Waals surface area contributed by atoms with E-state index in [9.17, 15) is 0 Å². The van der Waals surface area contributed by atoms with Gasteiger partial charge in [0.15, 0.2) is 0 Å². The highest BCUT2D eigenvalue weighted by Gasteiger charge is 2.17. The van der Waals surface area contributed by atoms with E-state index < -0.39 is 0 Å². The fraction of sp³-hybridized carbons (Fsp3) is 0.290. The Kier molecular flexibility index (Phi) is 13.7. The number of dihydropyridines is 1. The Bertz CT molecular complexity index is 1200. The molecule has 0 fully saturated rings. The summed E-state index contributed by atoms with van der Waals surface area (Å²) in [5, 5.41) is 22.2. The minimum atomic E-state index is 0.223. The molecule has 1 aliphatic rings. The smallest absolute Gasteiger partial charge is 0.126 e. The topological polar surface area (TPSA) is 114 Å². The lowest BCUT2D eigenvalue weighted by atomic mass is 10.0. The number of allylic oxidation sites excluding steroid dienone is 9. The molecule has 0 amide bonds. The summed E-state index contributed by atoms with van der Waals surface area (Å²) in [6.07, 6.45) is 15.5. The van der Waals surface area contributed by atoms with Gasteiger partial charge >= 0.3 is 0 Å². The summed E-state index contributed by atoms with van der Waals surface area (Å²) in [7, 11) is 3.90. The standard InChI is InChI=1S/C31H46N8/c1-11-15-27(34-14-4)30(33)28(19-29(32)37-22(6)18-23(7)39(9)10)38-31-24(8)25(16-17-35-31)26(13-3)36-20-21(5)12-2/h12-13,15-20,33-36,38H,2-3,6,11,14H2,1,4-5,7-10H3,(H2,32,37)/b21-20+,23-18-,26-25?,27-15-,28-19?,33-30?. The van der Waals surface area contributed by atoms with Crippen molar-refractivity contribution in [3.63, 3.8) is 0 Å². The molecule has 7 N–H and O–H groups in total. The Balaban J connectivity index is 3.60. The molecule has 0 saturated heterocycles. The molecule has 8 heteroatoms. The van der Waals surface area contributed by atoms with E-state index in [4.69, 9.17) is 11.1 Å². The van der Waals surface area contributed by atoms with Crippen LogP contribution in [-0.4, -0.2) is 37.1 Å². The van der Waals surface area contributed by atoms with Gasteiger partial charge in [-0.25, -0.2) is 4.99 Å². The van der Waals surface area contributed by atoms with Crippen LogP contribution in [0.5, 0.6) is 0 Å². The van der Waals surface area contributed by atoms with Crippen molar-refractivity contribution in [2.75, 3.05) is 20.6 Å². The summed E-state index contributed by atoms with van der Waals surface area (Å²) in [4.78, 5) is 6.41. The van der Waals surface area contributed by atoms with E-state index in [0.717, 1.165) is 34.5 Å². The Morgan fingerprint density at radius 3 is 2.41 bits per heavy atom.